The predicted molar refractivity (Wildman–Crippen MR) is 113 cm³/mol. The Morgan fingerprint density at radius 1 is 1.17 bits per heavy atom. The monoisotopic (exact) mass is 399 g/mol. The first-order valence-corrected chi connectivity index (χ1v) is 10.6. The summed E-state index contributed by atoms with van der Waals surface area (Å²) in [5, 5.41) is 4.15. The predicted octanol–water partition coefficient (Wildman–Crippen LogP) is 3.02. The molecular formula is C22H33N5O2. The summed E-state index contributed by atoms with van der Waals surface area (Å²) >= 11 is 0. The number of benzene rings is 1. The number of hydrogen-bond donors (Lipinski definition) is 1. The maximum Gasteiger partial charge on any atom is 0.244 e. The highest BCUT2D eigenvalue weighted by Gasteiger charge is 2.38. The molecule has 1 fully saturated rings. The third kappa shape index (κ3) is 4.36. The second-order valence-electron chi connectivity index (χ2n) is 8.02. The van der Waals surface area contributed by atoms with Crippen molar-refractivity contribution in [1.82, 2.24) is 19.9 Å². The van der Waals surface area contributed by atoms with Gasteiger partial charge in [-0.25, -0.2) is 0 Å². The van der Waals surface area contributed by atoms with Gasteiger partial charge < -0.3 is 15.2 Å². The number of aryl methyl sites for hydroxylation is 1. The Hall–Kier alpha value is -2.25. The molecule has 1 saturated heterocycles. The fourth-order valence-electron chi connectivity index (χ4n) is 3.96. The van der Waals surface area contributed by atoms with Crippen LogP contribution in [0.3, 0.4) is 0 Å². The number of nitrogens with zero attached hydrogens (tertiary/aromatic N) is 4. The zero-order valence-corrected chi connectivity index (χ0v) is 18.0. The first-order valence-electron chi connectivity index (χ1n) is 10.6. The van der Waals surface area contributed by atoms with Gasteiger partial charge in [-0.05, 0) is 26.7 Å². The summed E-state index contributed by atoms with van der Waals surface area (Å²) in [7, 11) is 0. The number of aromatic nitrogens is 2. The van der Waals surface area contributed by atoms with Crippen molar-refractivity contribution in [2.75, 3.05) is 32.7 Å². The first-order chi connectivity index (χ1) is 13.9. The van der Waals surface area contributed by atoms with Crippen LogP contribution in [0.2, 0.25) is 0 Å². The van der Waals surface area contributed by atoms with Gasteiger partial charge in [0.1, 0.15) is 0 Å². The van der Waals surface area contributed by atoms with E-state index in [2.05, 4.69) is 28.9 Å². The quantitative estimate of drug-likeness (QED) is 0.770. The summed E-state index contributed by atoms with van der Waals surface area (Å²) in [6, 6.07) is 8.10. The van der Waals surface area contributed by atoms with Crippen molar-refractivity contribution in [2.24, 2.45) is 11.1 Å². The largest absolute Gasteiger partial charge is 0.340 e. The van der Waals surface area contributed by atoms with Gasteiger partial charge in [0.25, 0.3) is 0 Å². The van der Waals surface area contributed by atoms with Crippen LogP contribution < -0.4 is 5.73 Å². The lowest BCUT2D eigenvalue weighted by Gasteiger charge is -2.41. The molecule has 0 saturated carbocycles. The van der Waals surface area contributed by atoms with Crippen molar-refractivity contribution in [2.45, 2.75) is 46.6 Å². The third-order valence-electron chi connectivity index (χ3n) is 6.46. The van der Waals surface area contributed by atoms with Crippen LogP contribution in [0, 0.1) is 12.3 Å². The summed E-state index contributed by atoms with van der Waals surface area (Å²) in [4.78, 5) is 21.9. The SMILES string of the molecule is CCC(CC)(CN)C(=O)N1CCN(C(C)c2nc(-c3ccc(C)cc3)no2)CC1. The molecule has 0 bridgehead atoms. The summed E-state index contributed by atoms with van der Waals surface area (Å²) in [6.07, 6.45) is 1.55. The van der Waals surface area contributed by atoms with Crippen molar-refractivity contribution in [3.05, 3.63) is 35.7 Å². The van der Waals surface area contributed by atoms with E-state index in [-0.39, 0.29) is 11.9 Å². The van der Waals surface area contributed by atoms with Crippen LogP contribution in [0.4, 0.5) is 0 Å². The molecule has 2 heterocycles. The number of rotatable bonds is 7. The van der Waals surface area contributed by atoms with E-state index in [0.29, 0.717) is 31.3 Å². The number of nitrogens with two attached hydrogens (primary N) is 1. The Morgan fingerprint density at radius 2 is 1.79 bits per heavy atom. The highest BCUT2D eigenvalue weighted by atomic mass is 16.5. The molecule has 7 heteroatoms. The minimum atomic E-state index is -0.427. The minimum Gasteiger partial charge on any atom is -0.340 e. The normalized spacial score (nSPS) is 16.8. The fraction of sp³-hybridized carbons (Fsp3) is 0.591. The smallest absolute Gasteiger partial charge is 0.244 e. The Balaban J connectivity index is 1.62. The number of carbonyl (C=O) groups excluding carboxylic acids is 1. The Kier molecular flexibility index (Phi) is 6.70. The molecule has 1 atom stereocenters. The van der Waals surface area contributed by atoms with E-state index in [1.807, 2.05) is 43.0 Å². The first kappa shape index (κ1) is 21.5. The van der Waals surface area contributed by atoms with Crippen molar-refractivity contribution in [3.63, 3.8) is 0 Å². The van der Waals surface area contributed by atoms with Gasteiger partial charge in [0, 0.05) is 38.3 Å². The van der Waals surface area contributed by atoms with Crippen molar-refractivity contribution >= 4 is 5.91 Å². The number of hydrogen-bond acceptors (Lipinski definition) is 6. The van der Waals surface area contributed by atoms with E-state index >= 15 is 0 Å². The summed E-state index contributed by atoms with van der Waals surface area (Å²) in [6.45, 7) is 11.6. The zero-order valence-electron chi connectivity index (χ0n) is 18.0. The zero-order chi connectivity index (χ0) is 21.0. The van der Waals surface area contributed by atoms with E-state index in [4.69, 9.17) is 10.3 Å². The molecule has 1 aromatic carbocycles. The second kappa shape index (κ2) is 9.05. The van der Waals surface area contributed by atoms with Crippen LogP contribution in [0.15, 0.2) is 28.8 Å². The summed E-state index contributed by atoms with van der Waals surface area (Å²) in [5.74, 6) is 1.41. The fourth-order valence-corrected chi connectivity index (χ4v) is 3.96. The van der Waals surface area contributed by atoms with Gasteiger partial charge in [-0.3, -0.25) is 9.69 Å². The topological polar surface area (TPSA) is 88.5 Å². The van der Waals surface area contributed by atoms with Gasteiger partial charge in [-0.15, -0.1) is 0 Å². The summed E-state index contributed by atoms with van der Waals surface area (Å²) < 4.78 is 5.55. The highest BCUT2D eigenvalue weighted by molar-refractivity contribution is 5.83. The number of piperazine rings is 1. The molecular weight excluding hydrogens is 366 g/mol. The maximum atomic E-state index is 13.0. The molecule has 29 heavy (non-hydrogen) atoms. The average molecular weight is 400 g/mol. The number of carbonyl (C=O) groups is 1. The lowest BCUT2D eigenvalue weighted by atomic mass is 9.80. The molecule has 1 aliphatic heterocycles. The van der Waals surface area contributed by atoms with Gasteiger partial charge in [0.05, 0.1) is 11.5 Å². The maximum absolute atomic E-state index is 13.0. The van der Waals surface area contributed by atoms with Crippen molar-refractivity contribution in [3.8, 4) is 11.4 Å². The van der Waals surface area contributed by atoms with Crippen molar-refractivity contribution < 1.29 is 9.32 Å². The lowest BCUT2D eigenvalue weighted by molar-refractivity contribution is -0.144. The molecule has 158 valence electrons. The Bertz CT molecular complexity index is 797. The molecule has 1 aliphatic rings. The Labute approximate surface area is 173 Å². The van der Waals surface area contributed by atoms with Crippen LogP contribution >= 0.6 is 0 Å². The standard InChI is InChI=1S/C22H33N5O2/c1-5-22(6-2,15-23)21(28)27-13-11-26(12-14-27)17(4)20-24-19(25-29-20)18-9-7-16(3)8-10-18/h7-10,17H,5-6,11-15,23H2,1-4H3. The van der Waals surface area contributed by atoms with Gasteiger partial charge in [0.15, 0.2) is 0 Å². The van der Waals surface area contributed by atoms with Crippen LogP contribution in [0.1, 0.15) is 51.1 Å². The van der Waals surface area contributed by atoms with Gasteiger partial charge in [-0.1, -0.05) is 48.8 Å². The summed E-state index contributed by atoms with van der Waals surface area (Å²) in [5.41, 5.74) is 7.68. The molecule has 3 rings (SSSR count). The molecule has 1 amide bonds. The van der Waals surface area contributed by atoms with Gasteiger partial charge >= 0.3 is 0 Å². The van der Waals surface area contributed by atoms with E-state index in [1.54, 1.807) is 0 Å². The van der Waals surface area contributed by atoms with Crippen LogP contribution in [-0.4, -0.2) is 58.6 Å². The van der Waals surface area contributed by atoms with E-state index in [0.717, 1.165) is 31.5 Å². The second-order valence-corrected chi connectivity index (χ2v) is 8.02. The van der Waals surface area contributed by atoms with Crippen LogP contribution in [-0.2, 0) is 4.79 Å². The molecule has 0 spiro atoms. The van der Waals surface area contributed by atoms with Gasteiger partial charge in [-0.2, -0.15) is 4.98 Å². The third-order valence-corrected chi connectivity index (χ3v) is 6.46. The molecule has 1 aromatic heterocycles. The minimum absolute atomic E-state index is 0.00978. The molecule has 1 unspecified atom stereocenters. The van der Waals surface area contributed by atoms with Crippen molar-refractivity contribution in [1.29, 1.82) is 0 Å². The average Bonchev–Trinajstić information content (AvgIpc) is 3.25. The Morgan fingerprint density at radius 3 is 2.34 bits per heavy atom. The molecule has 7 nitrogen and oxygen atoms in total. The van der Waals surface area contributed by atoms with Crippen LogP contribution in [0.25, 0.3) is 11.4 Å². The molecule has 2 N–H and O–H groups in total. The van der Waals surface area contributed by atoms with E-state index in [9.17, 15) is 4.79 Å². The molecule has 0 aliphatic carbocycles. The lowest BCUT2D eigenvalue weighted by Crippen LogP contribution is -2.55. The highest BCUT2D eigenvalue weighted by Crippen LogP contribution is 2.29. The van der Waals surface area contributed by atoms with E-state index in [1.165, 1.54) is 5.56 Å². The van der Waals surface area contributed by atoms with Gasteiger partial charge in [0.2, 0.25) is 17.6 Å². The van der Waals surface area contributed by atoms with Crippen LogP contribution in [0.5, 0.6) is 0 Å². The van der Waals surface area contributed by atoms with E-state index < -0.39 is 5.41 Å². The molecule has 2 aromatic rings. The number of amides is 1. The molecule has 0 radical (unpaired) electrons.